The smallest absolute Gasteiger partial charge is 0.0991 e. The van der Waals surface area contributed by atoms with Crippen LogP contribution in [0.3, 0.4) is 0 Å². The van der Waals surface area contributed by atoms with Crippen LogP contribution < -0.4 is 0 Å². The van der Waals surface area contributed by atoms with Gasteiger partial charge in [0.25, 0.3) is 0 Å². The van der Waals surface area contributed by atoms with Gasteiger partial charge in [0.15, 0.2) is 0 Å². The number of hydrogen-bond donors (Lipinski definition) is 0. The summed E-state index contributed by atoms with van der Waals surface area (Å²) in [6, 6.07) is 10.5. The van der Waals surface area contributed by atoms with Gasteiger partial charge in [-0.25, -0.2) is 0 Å². The summed E-state index contributed by atoms with van der Waals surface area (Å²) in [5.74, 6) is 3.38. The van der Waals surface area contributed by atoms with E-state index in [-0.39, 0.29) is 0 Å². The first-order chi connectivity index (χ1) is 13.3. The van der Waals surface area contributed by atoms with Gasteiger partial charge < -0.3 is 4.74 Å². The number of hydrogen-bond acceptors (Lipinski definition) is 2. The van der Waals surface area contributed by atoms with Crippen LogP contribution in [0.1, 0.15) is 81.8 Å². The van der Waals surface area contributed by atoms with E-state index in [1.807, 2.05) is 12.1 Å². The van der Waals surface area contributed by atoms with Gasteiger partial charge >= 0.3 is 0 Å². The van der Waals surface area contributed by atoms with Crippen LogP contribution in [0.25, 0.3) is 0 Å². The molecule has 0 aromatic heterocycles. The minimum atomic E-state index is 0.705. The van der Waals surface area contributed by atoms with Crippen molar-refractivity contribution < 1.29 is 4.74 Å². The molecule has 2 heteroatoms. The van der Waals surface area contributed by atoms with E-state index < -0.39 is 0 Å². The van der Waals surface area contributed by atoms with E-state index in [4.69, 9.17) is 10.00 Å². The molecule has 2 nitrogen and oxygen atoms in total. The Morgan fingerprint density at radius 2 is 1.59 bits per heavy atom. The van der Waals surface area contributed by atoms with Crippen LogP contribution in [-0.4, -0.2) is 13.2 Å². The first-order valence-electron chi connectivity index (χ1n) is 11.0. The number of nitrogens with zero attached hydrogens (tertiary/aromatic N) is 1. The minimum Gasteiger partial charge on any atom is -0.377 e. The summed E-state index contributed by atoms with van der Waals surface area (Å²) in [5.41, 5.74) is 2.21. The summed E-state index contributed by atoms with van der Waals surface area (Å²) in [7, 11) is 0. The highest BCUT2D eigenvalue weighted by molar-refractivity contribution is 5.33. The van der Waals surface area contributed by atoms with Crippen LogP contribution in [0.4, 0.5) is 0 Å². The van der Waals surface area contributed by atoms with Crippen molar-refractivity contribution in [3.63, 3.8) is 0 Å². The van der Waals surface area contributed by atoms with Gasteiger partial charge in [-0.15, -0.1) is 0 Å². The molecule has 0 amide bonds. The van der Waals surface area contributed by atoms with Crippen molar-refractivity contribution in [1.29, 1.82) is 5.26 Å². The first-order valence-corrected chi connectivity index (χ1v) is 11.0. The van der Waals surface area contributed by atoms with Crippen LogP contribution in [0.2, 0.25) is 0 Å². The second-order valence-electron chi connectivity index (χ2n) is 8.52. The van der Waals surface area contributed by atoms with E-state index in [2.05, 4.69) is 37.3 Å². The molecule has 27 heavy (non-hydrogen) atoms. The lowest BCUT2D eigenvalue weighted by molar-refractivity contribution is 0.160. The Labute approximate surface area is 165 Å². The molecule has 2 aliphatic rings. The van der Waals surface area contributed by atoms with E-state index in [0.29, 0.717) is 5.92 Å². The van der Waals surface area contributed by atoms with Crippen molar-refractivity contribution >= 4 is 0 Å². The van der Waals surface area contributed by atoms with E-state index in [9.17, 15) is 0 Å². The van der Waals surface area contributed by atoms with Crippen molar-refractivity contribution in [2.45, 2.75) is 70.6 Å². The number of allylic oxidation sites excluding steroid dienone is 1. The first kappa shape index (κ1) is 20.2. The molecule has 0 saturated heterocycles. The van der Waals surface area contributed by atoms with Crippen molar-refractivity contribution in [1.82, 2.24) is 0 Å². The van der Waals surface area contributed by atoms with E-state index >= 15 is 0 Å². The summed E-state index contributed by atoms with van der Waals surface area (Å²) in [6.07, 6.45) is 16.7. The zero-order chi connectivity index (χ0) is 18.9. The molecule has 1 aromatic carbocycles. The molecule has 0 atom stereocenters. The minimum absolute atomic E-state index is 0.705. The third kappa shape index (κ3) is 5.94. The predicted molar refractivity (Wildman–Crippen MR) is 112 cm³/mol. The van der Waals surface area contributed by atoms with Gasteiger partial charge in [-0.1, -0.05) is 31.2 Å². The van der Waals surface area contributed by atoms with E-state index in [1.165, 1.54) is 56.9 Å². The van der Waals surface area contributed by atoms with Gasteiger partial charge in [-0.3, -0.25) is 0 Å². The van der Waals surface area contributed by atoms with E-state index in [1.54, 1.807) is 0 Å². The van der Waals surface area contributed by atoms with Crippen molar-refractivity contribution in [2.75, 3.05) is 13.2 Å². The lowest BCUT2D eigenvalue weighted by Gasteiger charge is -2.37. The van der Waals surface area contributed by atoms with Crippen LogP contribution in [0.15, 0.2) is 36.4 Å². The lowest BCUT2D eigenvalue weighted by Crippen LogP contribution is -2.25. The van der Waals surface area contributed by atoms with Crippen molar-refractivity contribution in [2.24, 2.45) is 17.8 Å². The standard InChI is InChI=1S/C25H35NO/c1-2-17-27-18-3-4-20-5-9-22(10-6-20)24-13-15-25(16-14-24)23-11-7-21(19-26)8-12-23/h3-4,7-8,11-12,20,22,24-25H,2,5-6,9-10,13-18H2,1H3. The molecule has 0 heterocycles. The van der Waals surface area contributed by atoms with Crippen LogP contribution in [0.5, 0.6) is 0 Å². The fourth-order valence-corrected chi connectivity index (χ4v) is 5.11. The Balaban J connectivity index is 1.38. The normalized spacial score (nSPS) is 28.9. The summed E-state index contributed by atoms with van der Waals surface area (Å²) in [6.45, 7) is 3.82. The van der Waals surface area contributed by atoms with Crippen molar-refractivity contribution in [3.05, 3.63) is 47.5 Å². The quantitative estimate of drug-likeness (QED) is 0.402. The summed E-state index contributed by atoms with van der Waals surface area (Å²) in [5, 5.41) is 8.96. The molecule has 0 spiro atoms. The maximum atomic E-state index is 8.96. The highest BCUT2D eigenvalue weighted by Crippen LogP contribution is 2.44. The third-order valence-corrected chi connectivity index (χ3v) is 6.74. The molecule has 2 aliphatic carbocycles. The fourth-order valence-electron chi connectivity index (χ4n) is 5.11. The van der Waals surface area contributed by atoms with Crippen LogP contribution >= 0.6 is 0 Å². The van der Waals surface area contributed by atoms with Crippen LogP contribution in [-0.2, 0) is 4.74 Å². The Hall–Kier alpha value is -1.59. The van der Waals surface area contributed by atoms with Gasteiger partial charge in [0.1, 0.15) is 0 Å². The largest absolute Gasteiger partial charge is 0.377 e. The predicted octanol–water partition coefficient (Wildman–Crippen LogP) is 6.62. The molecule has 146 valence electrons. The molecular weight excluding hydrogens is 330 g/mol. The average Bonchev–Trinajstić information content (AvgIpc) is 2.74. The van der Waals surface area contributed by atoms with Gasteiger partial charge in [-0.05, 0) is 99.2 Å². The SMILES string of the molecule is CCCOCC=CC1CCC(C2CCC(c3ccc(C#N)cc3)CC2)CC1. The highest BCUT2D eigenvalue weighted by Gasteiger charge is 2.30. The zero-order valence-corrected chi connectivity index (χ0v) is 16.9. The number of nitriles is 1. The molecular formula is C25H35NO. The Morgan fingerprint density at radius 1 is 0.963 bits per heavy atom. The number of benzene rings is 1. The number of ether oxygens (including phenoxy) is 1. The fraction of sp³-hybridized carbons (Fsp3) is 0.640. The van der Waals surface area contributed by atoms with Crippen molar-refractivity contribution in [3.8, 4) is 6.07 Å². The summed E-state index contributed by atoms with van der Waals surface area (Å²) >= 11 is 0. The molecule has 0 radical (unpaired) electrons. The van der Waals surface area contributed by atoms with Gasteiger partial charge in [0.2, 0.25) is 0 Å². The second kappa shape index (κ2) is 10.7. The Morgan fingerprint density at radius 3 is 2.19 bits per heavy atom. The summed E-state index contributed by atoms with van der Waals surface area (Å²) < 4.78 is 5.55. The van der Waals surface area contributed by atoms with E-state index in [0.717, 1.165) is 43.0 Å². The lowest BCUT2D eigenvalue weighted by atomic mass is 9.68. The third-order valence-electron chi connectivity index (χ3n) is 6.74. The topological polar surface area (TPSA) is 33.0 Å². The molecule has 0 bridgehead atoms. The van der Waals surface area contributed by atoms with Gasteiger partial charge in [0.05, 0.1) is 18.2 Å². The average molecular weight is 366 g/mol. The molecule has 0 N–H and O–H groups in total. The molecule has 0 unspecified atom stereocenters. The van der Waals surface area contributed by atoms with Gasteiger partial charge in [0, 0.05) is 6.61 Å². The monoisotopic (exact) mass is 365 g/mol. The van der Waals surface area contributed by atoms with Gasteiger partial charge in [-0.2, -0.15) is 5.26 Å². The Kier molecular flexibility index (Phi) is 7.96. The summed E-state index contributed by atoms with van der Waals surface area (Å²) in [4.78, 5) is 0. The second-order valence-corrected chi connectivity index (χ2v) is 8.52. The molecule has 0 aliphatic heterocycles. The number of rotatable bonds is 7. The maximum absolute atomic E-state index is 8.96. The maximum Gasteiger partial charge on any atom is 0.0991 e. The molecule has 3 rings (SSSR count). The van der Waals surface area contributed by atoms with Crippen LogP contribution in [0, 0.1) is 29.1 Å². The molecule has 2 fully saturated rings. The molecule has 1 aromatic rings. The molecule has 2 saturated carbocycles. The Bertz CT molecular complexity index is 611. The zero-order valence-electron chi connectivity index (χ0n) is 16.9. The highest BCUT2D eigenvalue weighted by atomic mass is 16.5.